The van der Waals surface area contributed by atoms with Gasteiger partial charge < -0.3 is 9.47 Å². The van der Waals surface area contributed by atoms with Crippen molar-refractivity contribution in [3.63, 3.8) is 0 Å². The van der Waals surface area contributed by atoms with Crippen molar-refractivity contribution in [1.82, 2.24) is 0 Å². The van der Waals surface area contributed by atoms with E-state index in [4.69, 9.17) is 9.47 Å². The van der Waals surface area contributed by atoms with E-state index in [1.165, 1.54) is 18.2 Å². The minimum atomic E-state index is -1.03. The summed E-state index contributed by atoms with van der Waals surface area (Å²) in [5.74, 6) is -3.68. The van der Waals surface area contributed by atoms with Crippen LogP contribution in [0.25, 0.3) is 22.3 Å². The number of hydrogen-bond donors (Lipinski definition) is 0. The topological polar surface area (TPSA) is 18.5 Å². The zero-order valence-electron chi connectivity index (χ0n) is 18.2. The predicted octanol–water partition coefficient (Wildman–Crippen LogP) is 7.38. The van der Waals surface area contributed by atoms with Crippen molar-refractivity contribution < 1.29 is 27.0 Å². The molecule has 0 radical (unpaired) electrons. The largest absolute Gasteiger partial charge is 0.348 e. The number of benzene rings is 3. The number of ether oxygens (including phenoxy) is 2. The van der Waals surface area contributed by atoms with Crippen LogP contribution in [0.5, 0.6) is 0 Å². The van der Waals surface area contributed by atoms with Crippen LogP contribution < -0.4 is 0 Å². The van der Waals surface area contributed by atoms with Crippen LogP contribution in [0.1, 0.15) is 30.8 Å². The van der Waals surface area contributed by atoms with E-state index < -0.39 is 29.6 Å². The molecule has 2 nitrogen and oxygen atoms in total. The molecule has 0 atom stereocenters. The Morgan fingerprint density at radius 2 is 1.33 bits per heavy atom. The van der Waals surface area contributed by atoms with E-state index in [-0.39, 0.29) is 28.2 Å². The van der Waals surface area contributed by atoms with Crippen LogP contribution in [0.3, 0.4) is 0 Å². The highest BCUT2D eigenvalue weighted by Gasteiger charge is 2.26. The second kappa shape index (κ2) is 9.89. The van der Waals surface area contributed by atoms with Gasteiger partial charge in [-0.1, -0.05) is 61.5 Å². The summed E-state index contributed by atoms with van der Waals surface area (Å²) in [4.78, 5) is 0. The first-order valence-corrected chi connectivity index (χ1v) is 10.8. The summed E-state index contributed by atoms with van der Waals surface area (Å²) in [6.07, 6.45) is 1.61. The molecule has 4 rings (SSSR count). The fourth-order valence-electron chi connectivity index (χ4n) is 3.84. The number of allylic oxidation sites excluding steroid dienone is 1. The van der Waals surface area contributed by atoms with Crippen molar-refractivity contribution in [2.45, 2.75) is 26.1 Å². The molecule has 1 fully saturated rings. The maximum absolute atomic E-state index is 14.9. The molecular formula is C27H24F4O2. The first kappa shape index (κ1) is 23.2. The highest BCUT2D eigenvalue weighted by Crippen LogP contribution is 2.34. The van der Waals surface area contributed by atoms with E-state index in [1.807, 2.05) is 6.92 Å². The van der Waals surface area contributed by atoms with Crippen molar-refractivity contribution in [2.24, 2.45) is 5.92 Å². The SMILES string of the molecule is C=CCCc1ccc(-c2ccc(-c3ccc(C4OCC(C)CO4)c(F)c3F)cc2)c(F)c1F. The minimum Gasteiger partial charge on any atom is -0.348 e. The van der Waals surface area contributed by atoms with E-state index >= 15 is 0 Å². The molecule has 1 heterocycles. The predicted molar refractivity (Wildman–Crippen MR) is 119 cm³/mol. The van der Waals surface area contributed by atoms with Crippen molar-refractivity contribution in [3.8, 4) is 22.3 Å². The lowest BCUT2D eigenvalue weighted by Crippen LogP contribution is -2.25. The minimum absolute atomic E-state index is 0.00820. The average Bonchev–Trinajstić information content (AvgIpc) is 2.83. The molecule has 0 N–H and O–H groups in total. The van der Waals surface area contributed by atoms with Gasteiger partial charge in [0.15, 0.2) is 29.6 Å². The molecule has 0 saturated carbocycles. The van der Waals surface area contributed by atoms with Crippen LogP contribution in [0.15, 0.2) is 61.2 Å². The summed E-state index contributed by atoms with van der Waals surface area (Å²) in [6, 6.07) is 12.2. The average molecular weight is 456 g/mol. The van der Waals surface area contributed by atoms with Crippen LogP contribution in [-0.2, 0) is 15.9 Å². The van der Waals surface area contributed by atoms with Crippen LogP contribution >= 0.6 is 0 Å². The van der Waals surface area contributed by atoms with Crippen LogP contribution in [0.2, 0.25) is 0 Å². The molecule has 0 unspecified atom stereocenters. The van der Waals surface area contributed by atoms with Crippen molar-refractivity contribution in [3.05, 3.63) is 95.6 Å². The number of halogens is 4. The van der Waals surface area contributed by atoms with Gasteiger partial charge in [0.1, 0.15) is 0 Å². The summed E-state index contributed by atoms with van der Waals surface area (Å²) in [7, 11) is 0. The molecule has 172 valence electrons. The van der Waals surface area contributed by atoms with Crippen molar-refractivity contribution >= 4 is 0 Å². The molecule has 0 aromatic heterocycles. The summed E-state index contributed by atoms with van der Waals surface area (Å²) >= 11 is 0. The number of hydrogen-bond acceptors (Lipinski definition) is 2. The number of rotatable bonds is 6. The van der Waals surface area contributed by atoms with Crippen LogP contribution in [0.4, 0.5) is 17.6 Å². The first-order chi connectivity index (χ1) is 15.9. The quantitative estimate of drug-likeness (QED) is 0.285. The molecule has 0 spiro atoms. The van der Waals surface area contributed by atoms with Gasteiger partial charge in [-0.2, -0.15) is 0 Å². The smallest absolute Gasteiger partial charge is 0.186 e. The third-order valence-corrected chi connectivity index (χ3v) is 5.72. The molecule has 1 aliphatic rings. The molecule has 0 aliphatic carbocycles. The van der Waals surface area contributed by atoms with E-state index in [9.17, 15) is 17.6 Å². The van der Waals surface area contributed by atoms with E-state index in [0.717, 1.165) is 0 Å². The standard InChI is InChI=1S/C27H24F4O2/c1-3-4-5-19-10-11-20(24(29)23(19)28)17-6-8-18(9-7-17)21-12-13-22(26(31)25(21)30)27-32-14-16(2)15-33-27/h3,6-13,16,27H,1,4-5,14-15H2,2H3. The van der Waals surface area contributed by atoms with Gasteiger partial charge in [0.05, 0.1) is 13.2 Å². The summed E-state index contributed by atoms with van der Waals surface area (Å²) in [5, 5.41) is 0. The molecule has 1 aliphatic heterocycles. The fourth-order valence-corrected chi connectivity index (χ4v) is 3.84. The first-order valence-electron chi connectivity index (χ1n) is 10.8. The molecule has 6 heteroatoms. The summed E-state index contributed by atoms with van der Waals surface area (Å²) in [5.41, 5.74) is 1.28. The Labute approximate surface area is 190 Å². The van der Waals surface area contributed by atoms with E-state index in [0.29, 0.717) is 37.2 Å². The van der Waals surface area contributed by atoms with Crippen LogP contribution in [0, 0.1) is 29.2 Å². The Kier molecular flexibility index (Phi) is 6.96. The highest BCUT2D eigenvalue weighted by atomic mass is 19.2. The second-order valence-corrected chi connectivity index (χ2v) is 8.24. The van der Waals surface area contributed by atoms with Gasteiger partial charge in [-0.15, -0.1) is 6.58 Å². The molecule has 1 saturated heterocycles. The number of aryl methyl sites for hydroxylation is 1. The van der Waals surface area contributed by atoms with E-state index in [2.05, 4.69) is 6.58 Å². The van der Waals surface area contributed by atoms with Crippen molar-refractivity contribution in [2.75, 3.05) is 13.2 Å². The van der Waals surface area contributed by atoms with Gasteiger partial charge in [-0.3, -0.25) is 0 Å². The zero-order valence-corrected chi connectivity index (χ0v) is 18.2. The molecule has 3 aromatic rings. The lowest BCUT2D eigenvalue weighted by molar-refractivity contribution is -0.203. The van der Waals surface area contributed by atoms with Crippen LogP contribution in [-0.4, -0.2) is 13.2 Å². The molecule has 0 amide bonds. The zero-order chi connectivity index (χ0) is 23.5. The lowest BCUT2D eigenvalue weighted by atomic mass is 9.97. The molecule has 33 heavy (non-hydrogen) atoms. The summed E-state index contributed by atoms with van der Waals surface area (Å²) < 4.78 is 69.6. The third-order valence-electron chi connectivity index (χ3n) is 5.72. The molecular weight excluding hydrogens is 432 g/mol. The van der Waals surface area contributed by atoms with Gasteiger partial charge in [0.2, 0.25) is 0 Å². The fraction of sp³-hybridized carbons (Fsp3) is 0.259. The summed E-state index contributed by atoms with van der Waals surface area (Å²) in [6.45, 7) is 6.34. The second-order valence-electron chi connectivity index (χ2n) is 8.24. The molecule has 3 aromatic carbocycles. The Hall–Kier alpha value is -2.96. The molecule has 0 bridgehead atoms. The Morgan fingerprint density at radius 3 is 1.91 bits per heavy atom. The third kappa shape index (κ3) is 4.72. The Bertz CT molecular complexity index is 1150. The van der Waals surface area contributed by atoms with Crippen molar-refractivity contribution in [1.29, 1.82) is 0 Å². The normalized spacial score (nSPS) is 18.3. The van der Waals surface area contributed by atoms with E-state index in [1.54, 1.807) is 36.4 Å². The van der Waals surface area contributed by atoms with Gasteiger partial charge in [-0.05, 0) is 29.5 Å². The van der Waals surface area contributed by atoms with Gasteiger partial charge in [0, 0.05) is 22.6 Å². The Morgan fingerprint density at radius 1 is 0.788 bits per heavy atom. The van der Waals surface area contributed by atoms with Gasteiger partial charge in [0.25, 0.3) is 0 Å². The highest BCUT2D eigenvalue weighted by molar-refractivity contribution is 5.71. The van der Waals surface area contributed by atoms with Gasteiger partial charge >= 0.3 is 0 Å². The Balaban J connectivity index is 1.59. The monoisotopic (exact) mass is 456 g/mol. The maximum atomic E-state index is 14.9. The lowest BCUT2D eigenvalue weighted by Gasteiger charge is -2.28. The van der Waals surface area contributed by atoms with Gasteiger partial charge in [-0.25, -0.2) is 17.6 Å². The maximum Gasteiger partial charge on any atom is 0.186 e.